The lowest BCUT2D eigenvalue weighted by atomic mass is 10.0. The van der Waals surface area contributed by atoms with Crippen LogP contribution in [-0.2, 0) is 28.6 Å². The molecule has 2 N–H and O–H groups in total. The molecule has 2 aromatic rings. The SMILES string of the molecule is C=CC(=O)OCCCCCCOc1ccc(-c2ccc(C3OC(C(=O)O)C(C(=O)O)O3)cc2)cc1. The fourth-order valence-electron chi connectivity index (χ4n) is 3.53. The van der Waals surface area contributed by atoms with Crippen molar-refractivity contribution in [3.05, 3.63) is 66.7 Å². The third-order valence-corrected chi connectivity index (χ3v) is 5.39. The topological polar surface area (TPSA) is 129 Å². The van der Waals surface area contributed by atoms with Gasteiger partial charge in [-0.25, -0.2) is 14.4 Å². The number of hydrogen-bond donors (Lipinski definition) is 2. The van der Waals surface area contributed by atoms with Gasteiger partial charge in [0.15, 0.2) is 18.5 Å². The maximum absolute atomic E-state index is 11.2. The van der Waals surface area contributed by atoms with Gasteiger partial charge < -0.3 is 29.2 Å². The Kier molecular flexibility index (Phi) is 9.39. The first-order chi connectivity index (χ1) is 16.9. The van der Waals surface area contributed by atoms with Gasteiger partial charge in [0.25, 0.3) is 0 Å². The van der Waals surface area contributed by atoms with Crippen LogP contribution in [0, 0.1) is 0 Å². The smallest absolute Gasteiger partial charge is 0.336 e. The fourth-order valence-corrected chi connectivity index (χ4v) is 3.53. The summed E-state index contributed by atoms with van der Waals surface area (Å²) in [5, 5.41) is 18.3. The van der Waals surface area contributed by atoms with Crippen LogP contribution in [0.2, 0.25) is 0 Å². The molecule has 1 saturated heterocycles. The summed E-state index contributed by atoms with van der Waals surface area (Å²) in [6.07, 6.45) is 0.604. The molecule has 186 valence electrons. The Morgan fingerprint density at radius 2 is 1.31 bits per heavy atom. The minimum atomic E-state index is -1.56. The number of hydrogen-bond acceptors (Lipinski definition) is 7. The van der Waals surface area contributed by atoms with E-state index in [2.05, 4.69) is 6.58 Å². The molecule has 9 heteroatoms. The monoisotopic (exact) mass is 484 g/mol. The number of carboxylic acids is 2. The van der Waals surface area contributed by atoms with E-state index in [1.54, 1.807) is 12.1 Å². The number of rotatable bonds is 13. The Labute approximate surface area is 202 Å². The zero-order chi connectivity index (χ0) is 25.2. The molecule has 9 nitrogen and oxygen atoms in total. The molecule has 35 heavy (non-hydrogen) atoms. The second kappa shape index (κ2) is 12.7. The first kappa shape index (κ1) is 25.9. The summed E-state index contributed by atoms with van der Waals surface area (Å²) in [5.41, 5.74) is 2.40. The van der Waals surface area contributed by atoms with E-state index in [0.29, 0.717) is 18.8 Å². The van der Waals surface area contributed by atoms with Crippen LogP contribution >= 0.6 is 0 Å². The number of carbonyl (C=O) groups is 3. The summed E-state index contributed by atoms with van der Waals surface area (Å²) in [5.74, 6) is -2.40. The van der Waals surface area contributed by atoms with Gasteiger partial charge in [-0.15, -0.1) is 0 Å². The van der Waals surface area contributed by atoms with Crippen LogP contribution in [0.4, 0.5) is 0 Å². The van der Waals surface area contributed by atoms with Crippen molar-refractivity contribution in [1.82, 2.24) is 0 Å². The van der Waals surface area contributed by atoms with Crippen molar-refractivity contribution >= 4 is 17.9 Å². The van der Waals surface area contributed by atoms with E-state index in [1.807, 2.05) is 36.4 Å². The first-order valence-electron chi connectivity index (χ1n) is 11.3. The first-order valence-corrected chi connectivity index (χ1v) is 11.3. The lowest BCUT2D eigenvalue weighted by molar-refractivity contribution is -0.156. The van der Waals surface area contributed by atoms with Crippen LogP contribution in [-0.4, -0.2) is 53.5 Å². The third-order valence-electron chi connectivity index (χ3n) is 5.39. The molecular formula is C26H28O9. The summed E-state index contributed by atoms with van der Waals surface area (Å²) >= 11 is 0. The van der Waals surface area contributed by atoms with E-state index in [9.17, 15) is 14.4 Å². The molecular weight excluding hydrogens is 456 g/mol. The maximum atomic E-state index is 11.2. The zero-order valence-electron chi connectivity index (χ0n) is 19.1. The third kappa shape index (κ3) is 7.40. The van der Waals surface area contributed by atoms with Crippen molar-refractivity contribution in [3.8, 4) is 16.9 Å². The van der Waals surface area contributed by atoms with Gasteiger partial charge in [0, 0.05) is 11.6 Å². The number of unbranched alkanes of at least 4 members (excludes halogenated alkanes) is 3. The highest BCUT2D eigenvalue weighted by molar-refractivity contribution is 5.84. The highest BCUT2D eigenvalue weighted by Crippen LogP contribution is 2.33. The van der Waals surface area contributed by atoms with Crippen molar-refractivity contribution in [3.63, 3.8) is 0 Å². The Hall–Kier alpha value is -3.69. The number of carbonyl (C=O) groups excluding carboxylic acids is 1. The van der Waals surface area contributed by atoms with Crippen molar-refractivity contribution in [2.24, 2.45) is 0 Å². The summed E-state index contributed by atoms with van der Waals surface area (Å²) in [6.45, 7) is 4.35. The minimum absolute atomic E-state index is 0.396. The van der Waals surface area contributed by atoms with E-state index in [0.717, 1.165) is 48.6 Å². The Balaban J connectivity index is 1.44. The van der Waals surface area contributed by atoms with Crippen molar-refractivity contribution in [1.29, 1.82) is 0 Å². The molecule has 1 aliphatic heterocycles. The second-order valence-corrected chi connectivity index (χ2v) is 7.90. The van der Waals surface area contributed by atoms with Crippen molar-refractivity contribution < 1.29 is 43.5 Å². The van der Waals surface area contributed by atoms with E-state index in [-0.39, 0.29) is 0 Å². The minimum Gasteiger partial charge on any atom is -0.494 e. The van der Waals surface area contributed by atoms with Gasteiger partial charge in [-0.05, 0) is 48.9 Å². The van der Waals surface area contributed by atoms with E-state index >= 15 is 0 Å². The van der Waals surface area contributed by atoms with E-state index in [1.165, 1.54) is 0 Å². The van der Waals surface area contributed by atoms with Gasteiger partial charge in [-0.2, -0.15) is 0 Å². The van der Waals surface area contributed by atoms with Crippen molar-refractivity contribution in [2.75, 3.05) is 13.2 Å². The van der Waals surface area contributed by atoms with Crippen LogP contribution in [0.5, 0.6) is 5.75 Å². The van der Waals surface area contributed by atoms with E-state index in [4.69, 9.17) is 29.2 Å². The summed E-state index contributed by atoms with van der Waals surface area (Å²) in [7, 11) is 0. The molecule has 2 atom stereocenters. The summed E-state index contributed by atoms with van der Waals surface area (Å²) in [4.78, 5) is 33.4. The number of benzene rings is 2. The molecule has 0 radical (unpaired) electrons. The van der Waals surface area contributed by atoms with Gasteiger partial charge >= 0.3 is 17.9 Å². The zero-order valence-corrected chi connectivity index (χ0v) is 19.1. The van der Waals surface area contributed by atoms with E-state index < -0.39 is 36.4 Å². The molecule has 0 spiro atoms. The predicted octanol–water partition coefficient (Wildman–Crippen LogP) is 3.97. The average Bonchev–Trinajstić information content (AvgIpc) is 3.32. The lowest BCUT2D eigenvalue weighted by Gasteiger charge is -2.11. The Morgan fingerprint density at radius 3 is 1.83 bits per heavy atom. The molecule has 3 rings (SSSR count). The van der Waals surface area contributed by atoms with Crippen LogP contribution in [0.3, 0.4) is 0 Å². The molecule has 2 unspecified atom stereocenters. The van der Waals surface area contributed by atoms with Crippen LogP contribution in [0.25, 0.3) is 11.1 Å². The molecule has 1 heterocycles. The van der Waals surface area contributed by atoms with Crippen molar-refractivity contribution in [2.45, 2.75) is 44.2 Å². The average molecular weight is 485 g/mol. The fraction of sp³-hybridized carbons (Fsp3) is 0.346. The van der Waals surface area contributed by atoms with Crippen LogP contribution < -0.4 is 4.74 Å². The lowest BCUT2D eigenvalue weighted by Crippen LogP contribution is -2.36. The molecule has 1 aliphatic rings. The van der Waals surface area contributed by atoms with Crippen LogP contribution in [0.15, 0.2) is 61.2 Å². The molecule has 1 fully saturated rings. The number of ether oxygens (including phenoxy) is 4. The van der Waals surface area contributed by atoms with Gasteiger partial charge in [0.1, 0.15) is 5.75 Å². The molecule has 0 aliphatic carbocycles. The molecule has 2 aromatic carbocycles. The summed E-state index contributed by atoms with van der Waals surface area (Å²) in [6, 6.07) is 14.7. The van der Waals surface area contributed by atoms with Crippen LogP contribution in [0.1, 0.15) is 37.5 Å². The quantitative estimate of drug-likeness (QED) is 0.246. The highest BCUT2D eigenvalue weighted by Gasteiger charge is 2.46. The molecule has 0 amide bonds. The molecule has 0 aromatic heterocycles. The van der Waals surface area contributed by atoms with Gasteiger partial charge in [0.05, 0.1) is 13.2 Å². The second-order valence-electron chi connectivity index (χ2n) is 7.90. The number of carboxylic acid groups (broad SMARTS) is 2. The number of esters is 1. The molecule has 0 bridgehead atoms. The standard InChI is InChI=1S/C26H28O9/c1-2-21(27)33-16-6-4-3-5-15-32-20-13-11-18(12-14-20)17-7-9-19(10-8-17)26-34-22(24(28)29)23(35-26)25(30)31/h2,7-14,22-23,26H,1,3-6,15-16H2,(H,28,29)(H,30,31). The Bertz CT molecular complexity index is 992. The number of aliphatic carboxylic acids is 2. The van der Waals surface area contributed by atoms with Gasteiger partial charge in [-0.1, -0.05) is 43.0 Å². The van der Waals surface area contributed by atoms with Gasteiger partial charge in [-0.3, -0.25) is 0 Å². The maximum Gasteiger partial charge on any atom is 0.336 e. The Morgan fingerprint density at radius 1 is 0.800 bits per heavy atom. The molecule has 0 saturated carbocycles. The highest BCUT2D eigenvalue weighted by atomic mass is 16.7. The normalized spacial score (nSPS) is 19.1. The largest absolute Gasteiger partial charge is 0.494 e. The predicted molar refractivity (Wildman–Crippen MR) is 125 cm³/mol. The summed E-state index contributed by atoms with van der Waals surface area (Å²) < 4.78 is 21.3. The van der Waals surface area contributed by atoms with Gasteiger partial charge in [0.2, 0.25) is 0 Å².